The average molecular weight is 192 g/mol. The molecule has 0 bridgehead atoms. The van der Waals surface area contributed by atoms with Gasteiger partial charge in [0.2, 0.25) is 0 Å². The SMILES string of the molecule is COC(=O)C1(N)C2CCCC21.Cl. The molecule has 0 radical (unpaired) electrons. The third-order valence-corrected chi connectivity index (χ3v) is 3.17. The Kier molecular flexibility index (Phi) is 2.36. The first-order valence-electron chi connectivity index (χ1n) is 4.08. The Morgan fingerprint density at radius 2 is 2.00 bits per heavy atom. The Morgan fingerprint density at radius 3 is 2.42 bits per heavy atom. The van der Waals surface area contributed by atoms with Gasteiger partial charge in [0.25, 0.3) is 0 Å². The molecule has 0 aliphatic heterocycles. The molecule has 2 N–H and O–H groups in total. The van der Waals surface area contributed by atoms with Crippen LogP contribution in [0.25, 0.3) is 0 Å². The van der Waals surface area contributed by atoms with E-state index in [-0.39, 0.29) is 18.4 Å². The smallest absolute Gasteiger partial charge is 0.326 e. The van der Waals surface area contributed by atoms with Crippen LogP contribution >= 0.6 is 12.4 Å². The molecular formula is C8H14ClNO2. The van der Waals surface area contributed by atoms with Crippen LogP contribution < -0.4 is 5.73 Å². The molecule has 2 atom stereocenters. The van der Waals surface area contributed by atoms with E-state index in [0.717, 1.165) is 12.8 Å². The molecule has 0 spiro atoms. The number of rotatable bonds is 1. The summed E-state index contributed by atoms with van der Waals surface area (Å²) in [5.74, 6) is 0.636. The van der Waals surface area contributed by atoms with E-state index >= 15 is 0 Å². The molecule has 3 nitrogen and oxygen atoms in total. The van der Waals surface area contributed by atoms with Crippen LogP contribution in [0.4, 0.5) is 0 Å². The molecule has 2 aliphatic carbocycles. The fraction of sp³-hybridized carbons (Fsp3) is 0.875. The van der Waals surface area contributed by atoms with Crippen molar-refractivity contribution in [3.8, 4) is 0 Å². The Labute approximate surface area is 78.1 Å². The van der Waals surface area contributed by atoms with E-state index < -0.39 is 5.54 Å². The number of esters is 1. The average Bonchev–Trinajstić information content (AvgIpc) is 2.51. The second kappa shape index (κ2) is 2.89. The van der Waals surface area contributed by atoms with Gasteiger partial charge in [0.15, 0.2) is 0 Å². The fourth-order valence-electron chi connectivity index (χ4n) is 2.48. The van der Waals surface area contributed by atoms with Gasteiger partial charge in [-0.3, -0.25) is 4.79 Å². The van der Waals surface area contributed by atoms with Crippen molar-refractivity contribution in [3.63, 3.8) is 0 Å². The molecule has 0 amide bonds. The summed E-state index contributed by atoms with van der Waals surface area (Å²) < 4.78 is 4.65. The molecule has 2 aliphatic rings. The summed E-state index contributed by atoms with van der Waals surface area (Å²) >= 11 is 0. The third kappa shape index (κ3) is 0.962. The van der Waals surface area contributed by atoms with Crippen molar-refractivity contribution in [2.45, 2.75) is 24.8 Å². The van der Waals surface area contributed by atoms with Crippen LogP contribution in [0.15, 0.2) is 0 Å². The Morgan fingerprint density at radius 1 is 1.50 bits per heavy atom. The monoisotopic (exact) mass is 191 g/mol. The molecule has 0 heterocycles. The first kappa shape index (κ1) is 9.81. The Hall–Kier alpha value is -0.280. The van der Waals surface area contributed by atoms with Gasteiger partial charge in [-0.05, 0) is 24.7 Å². The van der Waals surface area contributed by atoms with Crippen LogP contribution in [0.2, 0.25) is 0 Å². The van der Waals surface area contributed by atoms with Gasteiger partial charge in [0, 0.05) is 0 Å². The molecule has 0 aromatic heterocycles. The van der Waals surface area contributed by atoms with Crippen LogP contribution in [0.5, 0.6) is 0 Å². The van der Waals surface area contributed by atoms with Gasteiger partial charge >= 0.3 is 5.97 Å². The van der Waals surface area contributed by atoms with Crippen LogP contribution in [0, 0.1) is 11.8 Å². The van der Waals surface area contributed by atoms with Crippen LogP contribution in [-0.2, 0) is 9.53 Å². The number of hydrogen-bond donors (Lipinski definition) is 1. The van der Waals surface area contributed by atoms with Gasteiger partial charge in [0.1, 0.15) is 5.54 Å². The van der Waals surface area contributed by atoms with Crippen LogP contribution in [-0.4, -0.2) is 18.6 Å². The second-order valence-electron chi connectivity index (χ2n) is 3.57. The van der Waals surface area contributed by atoms with Gasteiger partial charge in [-0.1, -0.05) is 6.42 Å². The quantitative estimate of drug-likeness (QED) is 0.622. The van der Waals surface area contributed by atoms with E-state index in [1.165, 1.54) is 13.5 Å². The highest BCUT2D eigenvalue weighted by atomic mass is 35.5. The number of methoxy groups -OCH3 is 1. The molecule has 2 rings (SSSR count). The molecule has 4 heteroatoms. The summed E-state index contributed by atoms with van der Waals surface area (Å²) in [5, 5.41) is 0. The summed E-state index contributed by atoms with van der Waals surface area (Å²) in [6, 6.07) is 0. The van der Waals surface area contributed by atoms with E-state index in [2.05, 4.69) is 4.74 Å². The largest absolute Gasteiger partial charge is 0.468 e. The fourth-order valence-corrected chi connectivity index (χ4v) is 2.48. The normalized spacial score (nSPS) is 42.8. The Balaban J connectivity index is 0.000000720. The Bertz CT molecular complexity index is 197. The zero-order chi connectivity index (χ0) is 8.06. The van der Waals surface area contributed by atoms with Crippen molar-refractivity contribution in [1.82, 2.24) is 0 Å². The van der Waals surface area contributed by atoms with E-state index in [9.17, 15) is 4.79 Å². The first-order chi connectivity index (χ1) is 5.21. The number of ether oxygens (including phenoxy) is 1. The van der Waals surface area contributed by atoms with Gasteiger partial charge in [-0.15, -0.1) is 12.4 Å². The molecule has 2 saturated carbocycles. The van der Waals surface area contributed by atoms with Crippen molar-refractivity contribution >= 4 is 18.4 Å². The van der Waals surface area contributed by atoms with Crippen LogP contribution in [0.3, 0.4) is 0 Å². The highest BCUT2D eigenvalue weighted by molar-refractivity contribution is 5.86. The number of hydrogen-bond acceptors (Lipinski definition) is 3. The summed E-state index contributed by atoms with van der Waals surface area (Å²) in [6.45, 7) is 0. The van der Waals surface area contributed by atoms with Gasteiger partial charge in [-0.2, -0.15) is 0 Å². The van der Waals surface area contributed by atoms with Crippen molar-refractivity contribution in [2.24, 2.45) is 17.6 Å². The third-order valence-electron chi connectivity index (χ3n) is 3.17. The van der Waals surface area contributed by atoms with Gasteiger partial charge in [0.05, 0.1) is 7.11 Å². The lowest BCUT2D eigenvalue weighted by Gasteiger charge is -2.11. The minimum atomic E-state index is -0.590. The van der Waals surface area contributed by atoms with Crippen molar-refractivity contribution < 1.29 is 9.53 Å². The number of carbonyl (C=O) groups excluding carboxylic acids is 1. The second-order valence-corrected chi connectivity index (χ2v) is 3.57. The van der Waals surface area contributed by atoms with Gasteiger partial charge in [-0.25, -0.2) is 0 Å². The van der Waals surface area contributed by atoms with Crippen molar-refractivity contribution in [3.05, 3.63) is 0 Å². The zero-order valence-electron chi connectivity index (χ0n) is 7.08. The molecule has 0 saturated heterocycles. The lowest BCUT2D eigenvalue weighted by molar-refractivity contribution is -0.144. The van der Waals surface area contributed by atoms with Gasteiger partial charge < -0.3 is 10.5 Å². The minimum Gasteiger partial charge on any atom is -0.468 e. The number of carbonyl (C=O) groups is 1. The predicted molar refractivity (Wildman–Crippen MR) is 47.0 cm³/mol. The summed E-state index contributed by atoms with van der Waals surface area (Å²) in [7, 11) is 1.41. The van der Waals surface area contributed by atoms with E-state index in [0.29, 0.717) is 11.8 Å². The molecular weight excluding hydrogens is 178 g/mol. The lowest BCUT2D eigenvalue weighted by atomic mass is 10.1. The van der Waals surface area contributed by atoms with E-state index in [1.807, 2.05) is 0 Å². The van der Waals surface area contributed by atoms with Crippen molar-refractivity contribution in [1.29, 1.82) is 0 Å². The maximum atomic E-state index is 11.2. The molecule has 0 aromatic rings. The number of halogens is 1. The molecule has 2 fully saturated rings. The highest BCUT2D eigenvalue weighted by Gasteiger charge is 2.69. The molecule has 0 aromatic carbocycles. The lowest BCUT2D eigenvalue weighted by Crippen LogP contribution is -2.39. The first-order valence-corrected chi connectivity index (χ1v) is 4.08. The maximum absolute atomic E-state index is 11.2. The molecule has 70 valence electrons. The summed E-state index contributed by atoms with van der Waals surface area (Å²) in [5.41, 5.74) is 5.29. The zero-order valence-corrected chi connectivity index (χ0v) is 7.89. The maximum Gasteiger partial charge on any atom is 0.326 e. The molecule has 2 unspecified atom stereocenters. The van der Waals surface area contributed by atoms with Crippen molar-refractivity contribution in [2.75, 3.05) is 7.11 Å². The van der Waals surface area contributed by atoms with Crippen LogP contribution in [0.1, 0.15) is 19.3 Å². The van der Waals surface area contributed by atoms with E-state index in [1.54, 1.807) is 0 Å². The van der Waals surface area contributed by atoms with E-state index in [4.69, 9.17) is 5.73 Å². The minimum absolute atomic E-state index is 0. The topological polar surface area (TPSA) is 52.3 Å². The summed E-state index contributed by atoms with van der Waals surface area (Å²) in [6.07, 6.45) is 3.44. The molecule has 12 heavy (non-hydrogen) atoms. The standard InChI is InChI=1S/C8H13NO2.ClH/c1-11-7(10)8(9)5-3-2-4-6(5)8;/h5-6H,2-4,9H2,1H3;1H. The predicted octanol–water partition coefficient (Wildman–Crippen LogP) is 0.709. The number of nitrogens with two attached hydrogens (primary N) is 1. The summed E-state index contributed by atoms with van der Waals surface area (Å²) in [4.78, 5) is 11.2. The number of fused-ring (bicyclic) bond motifs is 1. The highest BCUT2D eigenvalue weighted by Crippen LogP contribution is 2.59.